The molecule has 4 rings (SSSR count). The topological polar surface area (TPSA) is 136 Å². The number of hydrogen-bond acceptors (Lipinski definition) is 6. The molecule has 0 aromatic heterocycles. The minimum Gasteiger partial charge on any atom is -0.483 e. The molecule has 2 atom stereocenters. The molecule has 0 aliphatic carbocycles. The molecule has 0 saturated carbocycles. The van der Waals surface area contributed by atoms with Gasteiger partial charge in [-0.25, -0.2) is 17.2 Å². The van der Waals surface area contributed by atoms with Crippen LogP contribution in [0.3, 0.4) is 0 Å². The molecule has 0 saturated heterocycles. The maximum atomic E-state index is 13.9. The van der Waals surface area contributed by atoms with E-state index < -0.39 is 39.7 Å². The quantitative estimate of drug-likeness (QED) is 0.156. The lowest BCUT2D eigenvalue weighted by Gasteiger charge is -2.25. The van der Waals surface area contributed by atoms with Crippen molar-refractivity contribution in [1.82, 2.24) is 10.6 Å². The summed E-state index contributed by atoms with van der Waals surface area (Å²) in [5.74, 6) is -2.10. The summed E-state index contributed by atoms with van der Waals surface area (Å²) in [5.41, 5.74) is 3.13. The number of aliphatic hydroxyl groups excluding tert-OH is 1. The summed E-state index contributed by atoms with van der Waals surface area (Å²) in [6, 6.07) is 24.2. The molecule has 1 amide bonds. The number of carbonyl (C=O) groups excluding carboxylic acids is 1. The monoisotopic (exact) mass is 653 g/mol. The van der Waals surface area contributed by atoms with Crippen molar-refractivity contribution >= 4 is 28.1 Å². The second kappa shape index (κ2) is 17.2. The molecule has 46 heavy (non-hydrogen) atoms. The summed E-state index contributed by atoms with van der Waals surface area (Å²) in [5, 5.41) is 23.9. The third-order valence-electron chi connectivity index (χ3n) is 7.14. The van der Waals surface area contributed by atoms with Crippen LogP contribution in [0.25, 0.3) is 0 Å². The Kier molecular flexibility index (Phi) is 13.4. The zero-order chi connectivity index (χ0) is 33.7. The number of para-hydroxylation sites is 1. The fourth-order valence-corrected chi connectivity index (χ4v) is 5.89. The van der Waals surface area contributed by atoms with Gasteiger partial charge in [0, 0.05) is 31.8 Å². The zero-order valence-corrected chi connectivity index (χ0v) is 26.3. The Balaban J connectivity index is 0.00000185. The number of carboxylic acid groups (broad SMARTS) is 1. The normalized spacial score (nSPS) is 12.3. The molecule has 0 heterocycles. The number of benzene rings is 4. The first-order chi connectivity index (χ1) is 22.0. The number of nitrogens with one attached hydrogen (secondary N) is 2. The van der Waals surface area contributed by atoms with Crippen molar-refractivity contribution in [2.24, 2.45) is 0 Å². The lowest BCUT2D eigenvalue weighted by atomic mass is 10.00. The molecule has 0 aliphatic rings. The molecule has 4 aromatic carbocycles. The highest BCUT2D eigenvalue weighted by molar-refractivity contribution is 7.92. The standard InChI is InChI=1S/C33H35F2N3O4S.CH2O2/c1-3-23-8-7-9-24(16-23)21-36-22-32(39)31(19-25-17-27(34)20-28(35)18-25)37-33(40)26-12-14-30(15-13-26)43(41,42)38(2)29-10-5-4-6-11-29;2-1-3/h4-18,20,31-32,36,39H,3,19,21-22H2,1-2H3,(H,37,40);1H,(H,2,3)/t31-,32+;/m0./s1. The van der Waals surface area contributed by atoms with Crippen molar-refractivity contribution in [3.05, 3.63) is 131 Å². The van der Waals surface area contributed by atoms with Gasteiger partial charge in [-0.05, 0) is 78.1 Å². The molecular weight excluding hydrogens is 616 g/mol. The van der Waals surface area contributed by atoms with Gasteiger partial charge in [-0.1, -0.05) is 49.4 Å². The van der Waals surface area contributed by atoms with Crippen LogP contribution in [0.15, 0.2) is 102 Å². The maximum Gasteiger partial charge on any atom is 0.290 e. The first kappa shape index (κ1) is 35.8. The van der Waals surface area contributed by atoms with Crippen LogP contribution in [-0.2, 0) is 34.2 Å². The van der Waals surface area contributed by atoms with Crippen molar-refractivity contribution in [2.75, 3.05) is 17.9 Å². The van der Waals surface area contributed by atoms with Gasteiger partial charge in [-0.15, -0.1) is 0 Å². The lowest BCUT2D eigenvalue weighted by Crippen LogP contribution is -2.48. The van der Waals surface area contributed by atoms with Gasteiger partial charge in [0.25, 0.3) is 22.4 Å². The predicted octanol–water partition coefficient (Wildman–Crippen LogP) is 4.54. The third kappa shape index (κ3) is 10.2. The molecule has 0 fully saturated rings. The van der Waals surface area contributed by atoms with Gasteiger partial charge in [0.15, 0.2) is 0 Å². The first-order valence-electron chi connectivity index (χ1n) is 14.4. The summed E-state index contributed by atoms with van der Waals surface area (Å²) in [4.78, 5) is 21.6. The highest BCUT2D eigenvalue weighted by atomic mass is 32.2. The Hall–Kier alpha value is -4.65. The molecule has 0 radical (unpaired) electrons. The van der Waals surface area contributed by atoms with Gasteiger partial charge in [0.2, 0.25) is 0 Å². The molecule has 12 heteroatoms. The van der Waals surface area contributed by atoms with Crippen LogP contribution >= 0.6 is 0 Å². The summed E-state index contributed by atoms with van der Waals surface area (Å²) < 4.78 is 55.2. The molecule has 0 unspecified atom stereocenters. The van der Waals surface area contributed by atoms with Gasteiger partial charge in [0.1, 0.15) is 11.6 Å². The molecule has 4 N–H and O–H groups in total. The van der Waals surface area contributed by atoms with Crippen LogP contribution in [-0.4, -0.2) is 56.7 Å². The SMILES string of the molecule is CCc1cccc(CNC[C@@H](O)[C@H](Cc2cc(F)cc(F)c2)NC(=O)c2ccc(S(=O)(=O)N(C)c3ccccc3)cc2)c1.O=CO. The Morgan fingerprint density at radius 2 is 1.50 bits per heavy atom. The summed E-state index contributed by atoms with van der Waals surface area (Å²) in [6.07, 6.45) is -0.252. The zero-order valence-electron chi connectivity index (χ0n) is 25.4. The number of hydrogen-bond donors (Lipinski definition) is 4. The van der Waals surface area contributed by atoms with E-state index in [1.54, 1.807) is 30.3 Å². The fraction of sp³-hybridized carbons (Fsp3) is 0.235. The minimum atomic E-state index is -3.88. The molecular formula is C34H37F2N3O6S. The summed E-state index contributed by atoms with van der Waals surface area (Å²) in [6.45, 7) is 2.39. The number of anilines is 1. The Labute approximate surface area is 267 Å². The number of nitrogens with zero attached hydrogens (tertiary/aromatic N) is 1. The Bertz CT molecular complexity index is 1670. The number of carbonyl (C=O) groups is 2. The average Bonchev–Trinajstić information content (AvgIpc) is 3.04. The van der Waals surface area contributed by atoms with Crippen molar-refractivity contribution in [3.8, 4) is 0 Å². The Morgan fingerprint density at radius 1 is 0.891 bits per heavy atom. The lowest BCUT2D eigenvalue weighted by molar-refractivity contribution is -0.122. The van der Waals surface area contributed by atoms with Crippen molar-refractivity contribution in [3.63, 3.8) is 0 Å². The highest BCUT2D eigenvalue weighted by Crippen LogP contribution is 2.22. The minimum absolute atomic E-state index is 0.00133. The molecule has 0 bridgehead atoms. The van der Waals surface area contributed by atoms with Gasteiger partial charge >= 0.3 is 0 Å². The third-order valence-corrected chi connectivity index (χ3v) is 8.94. The van der Waals surface area contributed by atoms with Gasteiger partial charge in [-0.2, -0.15) is 0 Å². The highest BCUT2D eigenvalue weighted by Gasteiger charge is 2.25. The maximum absolute atomic E-state index is 13.9. The van der Waals surface area contributed by atoms with Crippen LogP contribution in [0.2, 0.25) is 0 Å². The number of rotatable bonds is 13. The van der Waals surface area contributed by atoms with Crippen LogP contribution in [0.1, 0.15) is 34.0 Å². The van der Waals surface area contributed by atoms with Crippen LogP contribution in [0.4, 0.5) is 14.5 Å². The molecule has 0 aliphatic heterocycles. The smallest absolute Gasteiger partial charge is 0.290 e. The van der Waals surface area contributed by atoms with Crippen LogP contribution in [0, 0.1) is 11.6 Å². The van der Waals surface area contributed by atoms with E-state index in [4.69, 9.17) is 9.90 Å². The van der Waals surface area contributed by atoms with E-state index in [1.807, 2.05) is 18.2 Å². The number of sulfonamides is 1. The van der Waals surface area contributed by atoms with E-state index >= 15 is 0 Å². The summed E-state index contributed by atoms with van der Waals surface area (Å²) >= 11 is 0. The number of halogens is 2. The van der Waals surface area contributed by atoms with Crippen molar-refractivity contribution < 1.29 is 37.0 Å². The largest absolute Gasteiger partial charge is 0.483 e. The predicted molar refractivity (Wildman–Crippen MR) is 172 cm³/mol. The molecule has 4 aromatic rings. The van der Waals surface area contributed by atoms with E-state index in [0.717, 1.165) is 34.5 Å². The van der Waals surface area contributed by atoms with Crippen molar-refractivity contribution in [1.29, 1.82) is 0 Å². The van der Waals surface area contributed by atoms with E-state index in [1.165, 1.54) is 36.9 Å². The average molecular weight is 654 g/mol. The van der Waals surface area contributed by atoms with Gasteiger partial charge in [-0.3, -0.25) is 13.9 Å². The van der Waals surface area contributed by atoms with Gasteiger partial charge in [0.05, 0.1) is 22.7 Å². The second-order valence-electron chi connectivity index (χ2n) is 10.4. The van der Waals surface area contributed by atoms with E-state index in [-0.39, 0.29) is 35.5 Å². The van der Waals surface area contributed by atoms with Gasteiger partial charge < -0.3 is 20.8 Å². The number of aliphatic hydroxyl groups is 1. The van der Waals surface area contributed by atoms with E-state index in [0.29, 0.717) is 12.2 Å². The molecule has 244 valence electrons. The number of amides is 1. The Morgan fingerprint density at radius 3 is 2.11 bits per heavy atom. The van der Waals surface area contributed by atoms with Crippen molar-refractivity contribution in [2.45, 2.75) is 43.4 Å². The van der Waals surface area contributed by atoms with E-state index in [2.05, 4.69) is 23.6 Å². The summed E-state index contributed by atoms with van der Waals surface area (Å²) in [7, 11) is -2.43. The number of aryl methyl sites for hydroxylation is 1. The fourth-order valence-electron chi connectivity index (χ4n) is 4.70. The van der Waals surface area contributed by atoms with Crippen LogP contribution < -0.4 is 14.9 Å². The van der Waals surface area contributed by atoms with E-state index in [9.17, 15) is 27.1 Å². The first-order valence-corrected chi connectivity index (χ1v) is 15.9. The van der Waals surface area contributed by atoms with Crippen LogP contribution in [0.5, 0.6) is 0 Å². The molecule has 0 spiro atoms. The second-order valence-corrected chi connectivity index (χ2v) is 12.3. The molecule has 9 nitrogen and oxygen atoms in total.